The minimum atomic E-state index is -3.58. The number of aromatic nitrogens is 1. The van der Waals surface area contributed by atoms with Crippen LogP contribution >= 0.6 is 0 Å². The van der Waals surface area contributed by atoms with Crippen LogP contribution < -0.4 is 0 Å². The Hall–Kier alpha value is -2.33. The Morgan fingerprint density at radius 1 is 1.12 bits per heavy atom. The molecule has 4 heteroatoms. The number of allylic oxidation sites excluding steroid dienone is 1. The molecule has 0 fully saturated rings. The van der Waals surface area contributed by atoms with Gasteiger partial charge in [0.05, 0.1) is 10.4 Å². The van der Waals surface area contributed by atoms with E-state index < -0.39 is 10.0 Å². The fourth-order valence-electron chi connectivity index (χ4n) is 3.82. The van der Waals surface area contributed by atoms with Crippen molar-refractivity contribution < 1.29 is 8.42 Å². The molecule has 1 aliphatic carbocycles. The summed E-state index contributed by atoms with van der Waals surface area (Å²) in [5, 5.41) is 1.06. The summed E-state index contributed by atoms with van der Waals surface area (Å²) in [4.78, 5) is 0.329. The minimum absolute atomic E-state index is 0.329. The van der Waals surface area contributed by atoms with Gasteiger partial charge in [-0.25, -0.2) is 12.4 Å². The highest BCUT2D eigenvalue weighted by molar-refractivity contribution is 7.90. The monoisotopic (exact) mass is 351 g/mol. The van der Waals surface area contributed by atoms with Crippen LogP contribution in [0.5, 0.6) is 0 Å². The number of rotatable bonds is 5. The van der Waals surface area contributed by atoms with E-state index >= 15 is 0 Å². The summed E-state index contributed by atoms with van der Waals surface area (Å²) < 4.78 is 27.8. The topological polar surface area (TPSA) is 39.1 Å². The van der Waals surface area contributed by atoms with Crippen molar-refractivity contribution in [1.82, 2.24) is 3.97 Å². The average Bonchev–Trinajstić information content (AvgIpc) is 3.26. The number of aryl methyl sites for hydroxylation is 3. The SMILES string of the molecule is C=CCCc1cc2c(c3c1ccn3S(=O)(=O)c1ccccc1)CCC2. The molecule has 1 aliphatic rings. The summed E-state index contributed by atoms with van der Waals surface area (Å²) in [5.41, 5.74) is 4.59. The van der Waals surface area contributed by atoms with Crippen molar-refractivity contribution in [2.24, 2.45) is 0 Å². The van der Waals surface area contributed by atoms with Gasteiger partial charge in [-0.15, -0.1) is 6.58 Å². The second-order valence-corrected chi connectivity index (χ2v) is 8.36. The maximum Gasteiger partial charge on any atom is 0.268 e. The first kappa shape index (κ1) is 16.2. The lowest BCUT2D eigenvalue weighted by molar-refractivity contribution is 0.589. The molecular formula is C21H21NO2S. The van der Waals surface area contributed by atoms with E-state index in [0.29, 0.717) is 4.90 Å². The standard InChI is InChI=1S/C21H21NO2S/c1-2-3-8-16-15-17-9-7-12-19(17)21-20(16)13-14-22(21)25(23,24)18-10-5-4-6-11-18/h2,4-6,10-11,13-15H,1,3,7-9,12H2. The van der Waals surface area contributed by atoms with Crippen molar-refractivity contribution >= 4 is 20.9 Å². The molecule has 4 rings (SSSR count). The molecule has 0 amide bonds. The van der Waals surface area contributed by atoms with Gasteiger partial charge >= 0.3 is 0 Å². The molecule has 1 heterocycles. The van der Waals surface area contributed by atoms with E-state index in [1.165, 1.54) is 20.7 Å². The van der Waals surface area contributed by atoms with Crippen LogP contribution in [0.25, 0.3) is 10.9 Å². The molecule has 1 aromatic heterocycles. The van der Waals surface area contributed by atoms with E-state index in [-0.39, 0.29) is 0 Å². The van der Waals surface area contributed by atoms with Gasteiger partial charge in [0, 0.05) is 11.6 Å². The van der Waals surface area contributed by atoms with Gasteiger partial charge in [-0.05, 0) is 67.0 Å². The van der Waals surface area contributed by atoms with Crippen LogP contribution in [-0.4, -0.2) is 12.4 Å². The Bertz CT molecular complexity index is 1050. The minimum Gasteiger partial charge on any atom is -0.241 e. The number of nitrogens with zero attached hydrogens (tertiary/aromatic N) is 1. The van der Waals surface area contributed by atoms with Gasteiger partial charge in [-0.2, -0.15) is 0 Å². The predicted molar refractivity (Wildman–Crippen MR) is 102 cm³/mol. The fraction of sp³-hybridized carbons (Fsp3) is 0.238. The molecule has 25 heavy (non-hydrogen) atoms. The van der Waals surface area contributed by atoms with E-state index in [1.807, 2.05) is 18.2 Å². The predicted octanol–water partition coefficient (Wildman–Crippen LogP) is 4.49. The van der Waals surface area contributed by atoms with Crippen molar-refractivity contribution in [3.8, 4) is 0 Å². The quantitative estimate of drug-likeness (QED) is 0.636. The van der Waals surface area contributed by atoms with Gasteiger partial charge in [-0.1, -0.05) is 30.3 Å². The maximum absolute atomic E-state index is 13.2. The van der Waals surface area contributed by atoms with E-state index in [9.17, 15) is 8.42 Å². The van der Waals surface area contributed by atoms with Crippen LogP contribution in [0.3, 0.4) is 0 Å². The Kier molecular flexibility index (Phi) is 4.00. The van der Waals surface area contributed by atoms with E-state index in [0.717, 1.165) is 43.0 Å². The van der Waals surface area contributed by atoms with Crippen molar-refractivity contribution in [1.29, 1.82) is 0 Å². The first-order chi connectivity index (χ1) is 12.1. The van der Waals surface area contributed by atoms with E-state index in [4.69, 9.17) is 0 Å². The molecule has 128 valence electrons. The van der Waals surface area contributed by atoms with Crippen LogP contribution in [0.1, 0.15) is 29.5 Å². The van der Waals surface area contributed by atoms with Crippen molar-refractivity contribution in [3.63, 3.8) is 0 Å². The highest BCUT2D eigenvalue weighted by Crippen LogP contribution is 2.35. The highest BCUT2D eigenvalue weighted by Gasteiger charge is 2.25. The molecule has 0 N–H and O–H groups in total. The normalized spacial score (nSPS) is 13.9. The van der Waals surface area contributed by atoms with Gasteiger partial charge in [0.25, 0.3) is 10.0 Å². The molecular weight excluding hydrogens is 330 g/mol. The molecule has 0 spiro atoms. The van der Waals surface area contributed by atoms with Gasteiger partial charge < -0.3 is 0 Å². The molecule has 0 saturated heterocycles. The third-order valence-corrected chi connectivity index (χ3v) is 6.70. The zero-order valence-corrected chi connectivity index (χ0v) is 14.9. The summed E-state index contributed by atoms with van der Waals surface area (Å²) in [6, 6.07) is 12.9. The Labute approximate surface area is 148 Å². The lowest BCUT2D eigenvalue weighted by atomic mass is 9.98. The second-order valence-electron chi connectivity index (χ2n) is 6.55. The zero-order valence-electron chi connectivity index (χ0n) is 14.1. The van der Waals surface area contributed by atoms with Crippen LogP contribution in [0.4, 0.5) is 0 Å². The smallest absolute Gasteiger partial charge is 0.241 e. The molecule has 0 radical (unpaired) electrons. The summed E-state index contributed by atoms with van der Waals surface area (Å²) in [5.74, 6) is 0. The molecule has 0 bridgehead atoms. The molecule has 0 atom stereocenters. The molecule has 0 aliphatic heterocycles. The van der Waals surface area contributed by atoms with Gasteiger partial charge in [0.2, 0.25) is 0 Å². The third-order valence-electron chi connectivity index (χ3n) is 5.01. The zero-order chi connectivity index (χ0) is 17.4. The lowest BCUT2D eigenvalue weighted by Crippen LogP contribution is -2.12. The third kappa shape index (κ3) is 2.61. The van der Waals surface area contributed by atoms with Crippen LogP contribution in [0, 0.1) is 0 Å². The van der Waals surface area contributed by atoms with Crippen molar-refractivity contribution in [2.75, 3.05) is 0 Å². The number of hydrogen-bond donors (Lipinski definition) is 0. The molecule has 0 saturated carbocycles. The van der Waals surface area contributed by atoms with Crippen LogP contribution in [0.2, 0.25) is 0 Å². The fourth-order valence-corrected chi connectivity index (χ4v) is 5.22. The first-order valence-electron chi connectivity index (χ1n) is 8.69. The maximum atomic E-state index is 13.2. The second kappa shape index (κ2) is 6.19. The Balaban J connectivity index is 1.98. The molecule has 3 aromatic rings. The van der Waals surface area contributed by atoms with Crippen LogP contribution in [-0.2, 0) is 29.3 Å². The van der Waals surface area contributed by atoms with E-state index in [1.54, 1.807) is 30.5 Å². The summed E-state index contributed by atoms with van der Waals surface area (Å²) in [7, 11) is -3.58. The molecule has 2 aromatic carbocycles. The van der Waals surface area contributed by atoms with Crippen molar-refractivity contribution in [2.45, 2.75) is 37.0 Å². The molecule has 0 unspecified atom stereocenters. The average molecular weight is 351 g/mol. The Morgan fingerprint density at radius 2 is 1.92 bits per heavy atom. The summed E-state index contributed by atoms with van der Waals surface area (Å²) in [6.07, 6.45) is 8.48. The molecule has 3 nitrogen and oxygen atoms in total. The number of hydrogen-bond acceptors (Lipinski definition) is 2. The summed E-state index contributed by atoms with van der Waals surface area (Å²) in [6.45, 7) is 3.81. The summed E-state index contributed by atoms with van der Waals surface area (Å²) >= 11 is 0. The van der Waals surface area contributed by atoms with Gasteiger partial charge in [0.1, 0.15) is 0 Å². The van der Waals surface area contributed by atoms with Gasteiger partial charge in [-0.3, -0.25) is 0 Å². The lowest BCUT2D eigenvalue weighted by Gasteiger charge is -2.13. The van der Waals surface area contributed by atoms with E-state index in [2.05, 4.69) is 12.6 Å². The van der Waals surface area contributed by atoms with Crippen molar-refractivity contribution in [3.05, 3.63) is 78.0 Å². The number of fused-ring (bicyclic) bond motifs is 3. The first-order valence-corrected chi connectivity index (χ1v) is 10.1. The van der Waals surface area contributed by atoms with Crippen LogP contribution in [0.15, 0.2) is 66.2 Å². The Morgan fingerprint density at radius 3 is 2.68 bits per heavy atom. The number of benzene rings is 2. The van der Waals surface area contributed by atoms with Gasteiger partial charge in [0.15, 0.2) is 0 Å². The highest BCUT2D eigenvalue weighted by atomic mass is 32.2. The largest absolute Gasteiger partial charge is 0.268 e.